The fraction of sp³-hybridized carbons (Fsp3) is 0.533. The molecule has 1 fully saturated rings. The van der Waals surface area contributed by atoms with Crippen molar-refractivity contribution in [1.29, 1.82) is 0 Å². The lowest BCUT2D eigenvalue weighted by Crippen LogP contribution is -2.55. The number of aliphatic hydroxyl groups is 1. The maximum absolute atomic E-state index is 12.1. The van der Waals surface area contributed by atoms with Crippen molar-refractivity contribution in [2.24, 2.45) is 0 Å². The fourth-order valence-electron chi connectivity index (χ4n) is 2.44. The molecule has 1 N–H and O–H groups in total. The van der Waals surface area contributed by atoms with E-state index in [0.29, 0.717) is 12.0 Å². The van der Waals surface area contributed by atoms with E-state index in [1.165, 1.54) is 0 Å². The quantitative estimate of drug-likeness (QED) is 0.844. The Balaban J connectivity index is 2.11. The van der Waals surface area contributed by atoms with Crippen LogP contribution in [0.2, 0.25) is 0 Å². The number of hydrogen-bond donors (Lipinski definition) is 1. The molecule has 0 unspecified atom stereocenters. The van der Waals surface area contributed by atoms with Gasteiger partial charge in [-0.05, 0) is 39.6 Å². The van der Waals surface area contributed by atoms with Crippen molar-refractivity contribution >= 4 is 5.97 Å². The predicted molar refractivity (Wildman–Crippen MR) is 74.3 cm³/mol. The summed E-state index contributed by atoms with van der Waals surface area (Å²) in [7, 11) is 3.80. The molecular weight excluding hydrogens is 258 g/mol. The third-order valence-corrected chi connectivity index (χ3v) is 3.52. The lowest BCUT2D eigenvalue weighted by Gasteiger charge is -2.40. The zero-order valence-electron chi connectivity index (χ0n) is 12.0. The molecule has 0 spiro atoms. The van der Waals surface area contributed by atoms with Crippen LogP contribution in [0, 0.1) is 0 Å². The van der Waals surface area contributed by atoms with Crippen LogP contribution >= 0.6 is 0 Å². The molecule has 1 aliphatic rings. The van der Waals surface area contributed by atoms with Gasteiger partial charge >= 0.3 is 5.97 Å². The van der Waals surface area contributed by atoms with Gasteiger partial charge in [0.1, 0.15) is 0 Å². The smallest absolute Gasteiger partial charge is 0.338 e. The molecule has 20 heavy (non-hydrogen) atoms. The minimum atomic E-state index is -1.10. The molecule has 0 aliphatic carbocycles. The summed E-state index contributed by atoms with van der Waals surface area (Å²) in [6, 6.07) is 8.68. The maximum atomic E-state index is 12.1. The normalized spacial score (nSPS) is 30.2. The van der Waals surface area contributed by atoms with Gasteiger partial charge in [0.15, 0.2) is 12.4 Å². The van der Waals surface area contributed by atoms with E-state index in [1.54, 1.807) is 24.3 Å². The summed E-state index contributed by atoms with van der Waals surface area (Å²) in [5.41, 5.74) is 0.468. The minimum Gasteiger partial charge on any atom is -0.452 e. The van der Waals surface area contributed by atoms with E-state index in [1.807, 2.05) is 32.0 Å². The molecule has 1 heterocycles. The molecule has 1 aromatic rings. The van der Waals surface area contributed by atoms with Crippen molar-refractivity contribution in [2.75, 3.05) is 14.1 Å². The molecule has 0 bridgehead atoms. The lowest BCUT2D eigenvalue weighted by atomic mass is 9.99. The Morgan fingerprint density at radius 1 is 1.35 bits per heavy atom. The standard InChI is InChI=1S/C15H21NO4/c1-10-9-12(16(2)3)13(15(18)19-10)20-14(17)11-7-5-4-6-8-11/h4-8,10,12-13,15,18H,9H2,1-3H3/t10-,12+,13-,15-/m1/s1. The number of benzene rings is 1. The van der Waals surface area contributed by atoms with Gasteiger partial charge in [-0.25, -0.2) is 4.79 Å². The Morgan fingerprint density at radius 2 is 2.00 bits per heavy atom. The summed E-state index contributed by atoms with van der Waals surface area (Å²) in [4.78, 5) is 14.1. The third kappa shape index (κ3) is 3.36. The number of rotatable bonds is 3. The van der Waals surface area contributed by atoms with E-state index in [-0.39, 0.29) is 12.1 Å². The summed E-state index contributed by atoms with van der Waals surface area (Å²) in [5.74, 6) is -0.445. The maximum Gasteiger partial charge on any atom is 0.338 e. The van der Waals surface area contributed by atoms with E-state index in [9.17, 15) is 9.90 Å². The van der Waals surface area contributed by atoms with Gasteiger partial charge in [-0.1, -0.05) is 18.2 Å². The van der Waals surface area contributed by atoms with Gasteiger partial charge in [0.05, 0.1) is 17.7 Å². The van der Waals surface area contributed by atoms with Crippen molar-refractivity contribution < 1.29 is 19.4 Å². The van der Waals surface area contributed by atoms with Crippen LogP contribution in [0.1, 0.15) is 23.7 Å². The van der Waals surface area contributed by atoms with Crippen LogP contribution < -0.4 is 0 Å². The number of ether oxygens (including phenoxy) is 2. The molecule has 5 heteroatoms. The summed E-state index contributed by atoms with van der Waals surface area (Å²) in [6.07, 6.45) is -1.15. The van der Waals surface area contributed by atoms with Crippen molar-refractivity contribution in [3.63, 3.8) is 0 Å². The number of carbonyl (C=O) groups excluding carboxylic acids is 1. The van der Waals surface area contributed by atoms with Crippen LogP contribution in [0.5, 0.6) is 0 Å². The number of likely N-dealkylation sites (N-methyl/N-ethyl adjacent to an activating group) is 1. The molecule has 2 rings (SSSR count). The van der Waals surface area contributed by atoms with Gasteiger partial charge in [-0.2, -0.15) is 0 Å². The number of esters is 1. The van der Waals surface area contributed by atoms with Gasteiger partial charge < -0.3 is 19.5 Å². The average molecular weight is 279 g/mol. The highest BCUT2D eigenvalue weighted by atomic mass is 16.6. The third-order valence-electron chi connectivity index (χ3n) is 3.52. The second-order valence-electron chi connectivity index (χ2n) is 5.34. The number of carbonyl (C=O) groups is 1. The van der Waals surface area contributed by atoms with E-state index in [0.717, 1.165) is 0 Å². The van der Waals surface area contributed by atoms with Gasteiger partial charge in [-0.3, -0.25) is 0 Å². The van der Waals surface area contributed by atoms with Crippen LogP contribution in [-0.2, 0) is 9.47 Å². The molecule has 5 nitrogen and oxygen atoms in total. The molecule has 1 saturated heterocycles. The number of hydrogen-bond acceptors (Lipinski definition) is 5. The van der Waals surface area contributed by atoms with Crippen molar-refractivity contribution in [3.05, 3.63) is 35.9 Å². The zero-order valence-corrected chi connectivity index (χ0v) is 12.0. The van der Waals surface area contributed by atoms with Crippen LogP contribution in [0.15, 0.2) is 30.3 Å². The predicted octanol–water partition coefficient (Wildman–Crippen LogP) is 1.27. The minimum absolute atomic E-state index is 0.0657. The van der Waals surface area contributed by atoms with Gasteiger partial charge in [0.2, 0.25) is 0 Å². The summed E-state index contributed by atoms with van der Waals surface area (Å²) >= 11 is 0. The molecule has 0 aromatic heterocycles. The summed E-state index contributed by atoms with van der Waals surface area (Å²) in [5, 5.41) is 10.0. The first kappa shape index (κ1) is 15.0. The highest BCUT2D eigenvalue weighted by Gasteiger charge is 2.40. The summed E-state index contributed by atoms with van der Waals surface area (Å²) < 4.78 is 10.8. The van der Waals surface area contributed by atoms with Crippen molar-refractivity contribution in [3.8, 4) is 0 Å². The first-order valence-electron chi connectivity index (χ1n) is 6.75. The molecular formula is C15H21NO4. The van der Waals surface area contributed by atoms with Crippen LogP contribution in [-0.4, -0.2) is 54.6 Å². The average Bonchev–Trinajstić information content (AvgIpc) is 2.42. The topological polar surface area (TPSA) is 59.0 Å². The molecule has 4 atom stereocenters. The molecule has 1 aliphatic heterocycles. The molecule has 1 aromatic carbocycles. The van der Waals surface area contributed by atoms with Crippen LogP contribution in [0.25, 0.3) is 0 Å². The Kier molecular flexibility index (Phi) is 4.75. The first-order valence-corrected chi connectivity index (χ1v) is 6.75. The Labute approximate surface area is 119 Å². The van der Waals surface area contributed by atoms with Crippen LogP contribution in [0.3, 0.4) is 0 Å². The fourth-order valence-corrected chi connectivity index (χ4v) is 2.44. The van der Waals surface area contributed by atoms with Crippen LogP contribution in [0.4, 0.5) is 0 Å². The monoisotopic (exact) mass is 279 g/mol. The number of aliphatic hydroxyl groups excluding tert-OH is 1. The molecule has 110 valence electrons. The van der Waals surface area contributed by atoms with Gasteiger partial charge in [0, 0.05) is 0 Å². The molecule has 0 radical (unpaired) electrons. The van der Waals surface area contributed by atoms with E-state index >= 15 is 0 Å². The highest BCUT2D eigenvalue weighted by molar-refractivity contribution is 5.89. The molecule has 0 saturated carbocycles. The largest absolute Gasteiger partial charge is 0.452 e. The van der Waals surface area contributed by atoms with E-state index in [4.69, 9.17) is 9.47 Å². The van der Waals surface area contributed by atoms with Gasteiger partial charge in [0.25, 0.3) is 0 Å². The Morgan fingerprint density at radius 3 is 2.60 bits per heavy atom. The highest BCUT2D eigenvalue weighted by Crippen LogP contribution is 2.25. The summed E-state index contributed by atoms with van der Waals surface area (Å²) in [6.45, 7) is 1.90. The first-order chi connectivity index (χ1) is 9.49. The van der Waals surface area contributed by atoms with Crippen molar-refractivity contribution in [1.82, 2.24) is 4.90 Å². The van der Waals surface area contributed by atoms with Crippen molar-refractivity contribution in [2.45, 2.75) is 37.9 Å². The second kappa shape index (κ2) is 6.35. The SMILES string of the molecule is C[C@@H]1C[C@H](N(C)C)[C@@H](OC(=O)c2ccccc2)[C@H](O)O1. The lowest BCUT2D eigenvalue weighted by molar-refractivity contribution is -0.230. The second-order valence-corrected chi connectivity index (χ2v) is 5.34. The van der Waals surface area contributed by atoms with E-state index in [2.05, 4.69) is 0 Å². The number of nitrogens with zero attached hydrogens (tertiary/aromatic N) is 1. The van der Waals surface area contributed by atoms with Gasteiger partial charge in [-0.15, -0.1) is 0 Å². The Hall–Kier alpha value is -1.43. The zero-order chi connectivity index (χ0) is 14.7. The van der Waals surface area contributed by atoms with E-state index < -0.39 is 18.4 Å². The molecule has 0 amide bonds. The Bertz CT molecular complexity index is 448.